The SMILES string of the molecule is NC(=O)C1NCC(N[C@H]2CCCC[C@H]2[NH3+])CC1NC1CC(C2COC3C(=O)C=C(N4CCOCC4)SC32)SN1. The number of carbonyl (C=O) groups is 2. The van der Waals surface area contributed by atoms with Gasteiger partial charge in [0.2, 0.25) is 5.91 Å². The molecule has 0 spiro atoms. The van der Waals surface area contributed by atoms with E-state index in [4.69, 9.17) is 15.2 Å². The Hall–Kier alpha value is -0.900. The zero-order valence-corrected chi connectivity index (χ0v) is 24.2. The quantitative estimate of drug-likeness (QED) is 0.194. The Morgan fingerprint density at radius 3 is 2.77 bits per heavy atom. The third kappa shape index (κ3) is 6.31. The van der Waals surface area contributed by atoms with Gasteiger partial charge in [-0.2, -0.15) is 0 Å². The van der Waals surface area contributed by atoms with Gasteiger partial charge in [0, 0.05) is 55.4 Å². The molecular weight excluding hydrogens is 538 g/mol. The van der Waals surface area contributed by atoms with Gasteiger partial charge in [-0.05, 0) is 25.7 Å². The Morgan fingerprint density at radius 1 is 1.15 bits per heavy atom. The van der Waals surface area contributed by atoms with E-state index in [1.807, 2.05) is 0 Å². The van der Waals surface area contributed by atoms with E-state index in [9.17, 15) is 9.59 Å². The monoisotopic (exact) mass is 582 g/mol. The summed E-state index contributed by atoms with van der Waals surface area (Å²) in [6, 6.07) is 0.681. The topological polar surface area (TPSA) is 158 Å². The van der Waals surface area contributed by atoms with Gasteiger partial charge < -0.3 is 36.5 Å². The van der Waals surface area contributed by atoms with Gasteiger partial charge in [0.05, 0.1) is 48.3 Å². The maximum atomic E-state index is 12.9. The van der Waals surface area contributed by atoms with Gasteiger partial charge in [-0.25, -0.2) is 4.72 Å². The van der Waals surface area contributed by atoms with E-state index in [2.05, 4.69) is 31.3 Å². The highest BCUT2D eigenvalue weighted by Gasteiger charge is 2.50. The number of ketones is 1. The molecule has 4 saturated heterocycles. The number of rotatable bonds is 7. The highest BCUT2D eigenvalue weighted by atomic mass is 32.2. The van der Waals surface area contributed by atoms with Crippen molar-refractivity contribution in [2.45, 2.75) is 91.5 Å². The molecule has 5 aliphatic heterocycles. The van der Waals surface area contributed by atoms with Crippen LogP contribution in [0.2, 0.25) is 0 Å². The minimum absolute atomic E-state index is 0.0558. The summed E-state index contributed by atoms with van der Waals surface area (Å²) in [6.07, 6.45) is 8.07. The van der Waals surface area contributed by atoms with Gasteiger partial charge >= 0.3 is 0 Å². The molecule has 218 valence electrons. The van der Waals surface area contributed by atoms with E-state index >= 15 is 0 Å². The molecule has 5 heterocycles. The molecule has 1 amide bonds. The summed E-state index contributed by atoms with van der Waals surface area (Å²) in [5.41, 5.74) is 10.2. The van der Waals surface area contributed by atoms with Crippen molar-refractivity contribution in [3.8, 4) is 0 Å². The summed E-state index contributed by atoms with van der Waals surface area (Å²) in [5, 5.41) is 12.5. The molecular formula is C26H44N7O4S2+. The molecule has 0 aromatic heterocycles. The molecule has 6 aliphatic rings. The lowest BCUT2D eigenvalue weighted by atomic mass is 9.88. The van der Waals surface area contributed by atoms with Crippen LogP contribution in [0.25, 0.3) is 0 Å². The maximum Gasteiger partial charge on any atom is 0.236 e. The van der Waals surface area contributed by atoms with Crippen molar-refractivity contribution >= 4 is 35.4 Å². The number of hydrogen-bond donors (Lipinski definition) is 6. The number of nitrogens with one attached hydrogen (secondary N) is 4. The van der Waals surface area contributed by atoms with Crippen LogP contribution in [-0.4, -0.2) is 109 Å². The van der Waals surface area contributed by atoms with E-state index in [1.54, 1.807) is 29.8 Å². The molecule has 13 heteroatoms. The molecule has 0 radical (unpaired) electrons. The average molecular weight is 583 g/mol. The first kappa shape index (κ1) is 28.2. The van der Waals surface area contributed by atoms with Crippen molar-refractivity contribution in [3.05, 3.63) is 11.1 Å². The van der Waals surface area contributed by atoms with E-state index in [0.29, 0.717) is 37.2 Å². The normalized spacial score (nSPS) is 43.3. The first-order chi connectivity index (χ1) is 19.0. The zero-order valence-electron chi connectivity index (χ0n) is 22.5. The van der Waals surface area contributed by atoms with Crippen LogP contribution in [0.15, 0.2) is 11.1 Å². The first-order valence-electron chi connectivity index (χ1n) is 14.6. The minimum Gasteiger partial charge on any atom is -0.378 e. The third-order valence-electron chi connectivity index (χ3n) is 9.23. The van der Waals surface area contributed by atoms with Crippen LogP contribution >= 0.6 is 23.7 Å². The number of amides is 1. The predicted molar refractivity (Wildman–Crippen MR) is 151 cm³/mol. The Kier molecular flexibility index (Phi) is 9.08. The average Bonchev–Trinajstić information content (AvgIpc) is 3.58. The van der Waals surface area contributed by atoms with Crippen molar-refractivity contribution in [1.29, 1.82) is 0 Å². The summed E-state index contributed by atoms with van der Waals surface area (Å²) in [4.78, 5) is 27.5. The van der Waals surface area contributed by atoms with Gasteiger partial charge in [-0.1, -0.05) is 18.4 Å². The Balaban J connectivity index is 1.06. The van der Waals surface area contributed by atoms with Crippen molar-refractivity contribution in [2.75, 3.05) is 39.5 Å². The molecule has 9 N–H and O–H groups in total. The van der Waals surface area contributed by atoms with Crippen LogP contribution < -0.4 is 32.1 Å². The molecule has 6 rings (SSSR count). The van der Waals surface area contributed by atoms with Gasteiger partial charge in [-0.15, -0.1) is 11.8 Å². The van der Waals surface area contributed by atoms with E-state index in [-0.39, 0.29) is 47.2 Å². The second kappa shape index (κ2) is 12.5. The molecule has 0 aromatic carbocycles. The number of morpholine rings is 1. The van der Waals surface area contributed by atoms with E-state index < -0.39 is 6.04 Å². The maximum absolute atomic E-state index is 12.9. The lowest BCUT2D eigenvalue weighted by Crippen LogP contribution is -2.72. The molecule has 5 fully saturated rings. The second-order valence-corrected chi connectivity index (χ2v) is 14.1. The smallest absolute Gasteiger partial charge is 0.236 e. The fraction of sp³-hybridized carbons (Fsp3) is 0.846. The van der Waals surface area contributed by atoms with Crippen LogP contribution in [0.3, 0.4) is 0 Å². The van der Waals surface area contributed by atoms with Crippen LogP contribution in [0.5, 0.6) is 0 Å². The molecule has 1 saturated carbocycles. The standard InChI is InChI=1S/C26H43N7O4S2/c27-16-3-1-2-4-17(16)30-14-9-18(23(26(28)35)29-12-14)31-21-11-20(39-32-21)15-13-37-24-19(34)10-22(38-25(15)24)33-5-7-36-8-6-33/h10,14-18,20-21,23-25,29-32H,1-9,11-13,27H2,(H2,28,35)/p+1/t14?,15?,16-,17+,18?,20?,21?,23?,24?,25?/m1/s1. The van der Waals surface area contributed by atoms with Crippen LogP contribution in [0.4, 0.5) is 0 Å². The Morgan fingerprint density at radius 2 is 1.97 bits per heavy atom. The molecule has 10 atom stereocenters. The zero-order chi connectivity index (χ0) is 26.9. The van der Waals surface area contributed by atoms with Crippen LogP contribution in [-0.2, 0) is 19.1 Å². The van der Waals surface area contributed by atoms with Gasteiger partial charge in [0.25, 0.3) is 0 Å². The summed E-state index contributed by atoms with van der Waals surface area (Å²) in [7, 11) is 0. The molecule has 8 unspecified atom stereocenters. The summed E-state index contributed by atoms with van der Waals surface area (Å²) < 4.78 is 15.1. The summed E-state index contributed by atoms with van der Waals surface area (Å²) in [6.45, 7) is 4.37. The highest BCUT2D eigenvalue weighted by molar-refractivity contribution is 8.04. The number of hydrogen-bond acceptors (Lipinski definition) is 11. The van der Waals surface area contributed by atoms with Crippen molar-refractivity contribution in [1.82, 2.24) is 25.6 Å². The Bertz CT molecular complexity index is 938. The van der Waals surface area contributed by atoms with Gasteiger partial charge in [0.1, 0.15) is 12.1 Å². The van der Waals surface area contributed by atoms with Gasteiger partial charge in [0.15, 0.2) is 5.78 Å². The molecule has 1 aliphatic carbocycles. The number of fused-ring (bicyclic) bond motifs is 1. The number of carbonyl (C=O) groups excluding carboxylic acids is 2. The minimum atomic E-state index is -0.400. The lowest BCUT2D eigenvalue weighted by molar-refractivity contribution is -0.431. The number of nitrogens with zero attached hydrogens (tertiary/aromatic N) is 1. The fourth-order valence-electron chi connectivity index (χ4n) is 7.05. The van der Waals surface area contributed by atoms with Crippen LogP contribution in [0.1, 0.15) is 38.5 Å². The first-order valence-corrected chi connectivity index (χ1v) is 16.4. The fourth-order valence-corrected chi connectivity index (χ4v) is 9.93. The molecule has 39 heavy (non-hydrogen) atoms. The van der Waals surface area contributed by atoms with E-state index in [0.717, 1.165) is 37.5 Å². The lowest BCUT2D eigenvalue weighted by Gasteiger charge is -2.40. The van der Waals surface area contributed by atoms with Crippen molar-refractivity contribution in [3.63, 3.8) is 0 Å². The molecule has 0 bridgehead atoms. The van der Waals surface area contributed by atoms with E-state index in [1.165, 1.54) is 25.7 Å². The highest BCUT2D eigenvalue weighted by Crippen LogP contribution is 2.46. The summed E-state index contributed by atoms with van der Waals surface area (Å²) >= 11 is 3.54. The predicted octanol–water partition coefficient (Wildman–Crippen LogP) is -1.49. The number of piperidine rings is 1. The van der Waals surface area contributed by atoms with Crippen LogP contribution in [0, 0.1) is 5.92 Å². The Labute approximate surface area is 239 Å². The summed E-state index contributed by atoms with van der Waals surface area (Å²) in [5.74, 6) is 0.0449. The number of primary amides is 1. The number of quaternary nitrogens is 1. The number of nitrogens with two attached hydrogens (primary N) is 1. The largest absolute Gasteiger partial charge is 0.378 e. The molecule has 11 nitrogen and oxygen atoms in total. The van der Waals surface area contributed by atoms with Crippen molar-refractivity contribution < 1.29 is 24.8 Å². The van der Waals surface area contributed by atoms with Crippen molar-refractivity contribution in [2.24, 2.45) is 11.7 Å². The third-order valence-corrected chi connectivity index (χ3v) is 12.0. The second-order valence-electron chi connectivity index (χ2n) is 11.9. The number of ether oxygens (including phenoxy) is 2. The molecule has 0 aromatic rings. The number of thioether (sulfide) groups is 1. The van der Waals surface area contributed by atoms with Gasteiger partial charge in [-0.3, -0.25) is 14.9 Å².